The molecule has 1 heterocycles. The van der Waals surface area contributed by atoms with Gasteiger partial charge in [0.15, 0.2) is 5.16 Å². The number of hydrogen-bond donors (Lipinski definition) is 3. The summed E-state index contributed by atoms with van der Waals surface area (Å²) in [6.45, 7) is 2.17. The van der Waals surface area contributed by atoms with Crippen molar-refractivity contribution in [1.29, 1.82) is 0 Å². The van der Waals surface area contributed by atoms with E-state index in [0.717, 1.165) is 23.9 Å². The molecule has 2 rings (SSSR count). The standard InChI is InChI=1S/C15H20N6OS/c1-2-3-4-10-5-7-11(8-6-10)18-12(22)9-23-15-20-13(16)19-14(17)21-15/h5-8H,2-4,9H2,1H3,(H,18,22)(H4,16,17,19,20,21). The first kappa shape index (κ1) is 17.0. The smallest absolute Gasteiger partial charge is 0.234 e. The van der Waals surface area contributed by atoms with Crippen molar-refractivity contribution >= 4 is 35.3 Å². The van der Waals surface area contributed by atoms with Gasteiger partial charge in [-0.05, 0) is 30.5 Å². The molecule has 0 aliphatic carbocycles. The molecule has 1 amide bonds. The maximum Gasteiger partial charge on any atom is 0.234 e. The third kappa shape index (κ3) is 5.74. The highest BCUT2D eigenvalue weighted by atomic mass is 32.2. The lowest BCUT2D eigenvalue weighted by Crippen LogP contribution is -2.14. The molecule has 0 spiro atoms. The fraction of sp³-hybridized carbons (Fsp3) is 0.333. The molecule has 0 bridgehead atoms. The summed E-state index contributed by atoms with van der Waals surface area (Å²) >= 11 is 1.16. The van der Waals surface area contributed by atoms with E-state index >= 15 is 0 Å². The quantitative estimate of drug-likeness (QED) is 0.664. The van der Waals surface area contributed by atoms with Gasteiger partial charge in [0.2, 0.25) is 17.8 Å². The lowest BCUT2D eigenvalue weighted by atomic mass is 10.1. The molecule has 0 atom stereocenters. The molecule has 122 valence electrons. The fourth-order valence-corrected chi connectivity index (χ4v) is 2.56. The molecule has 0 aliphatic rings. The molecular weight excluding hydrogens is 312 g/mol. The average molecular weight is 332 g/mol. The minimum absolute atomic E-state index is 0.0445. The summed E-state index contributed by atoms with van der Waals surface area (Å²) < 4.78 is 0. The van der Waals surface area contributed by atoms with Crippen molar-refractivity contribution in [3.8, 4) is 0 Å². The number of thioether (sulfide) groups is 1. The van der Waals surface area contributed by atoms with Crippen molar-refractivity contribution in [2.75, 3.05) is 22.5 Å². The van der Waals surface area contributed by atoms with Crippen LogP contribution in [-0.2, 0) is 11.2 Å². The van der Waals surface area contributed by atoms with E-state index in [4.69, 9.17) is 11.5 Å². The number of nitrogens with zero attached hydrogens (tertiary/aromatic N) is 3. The Morgan fingerprint density at radius 3 is 2.39 bits per heavy atom. The monoisotopic (exact) mass is 332 g/mol. The Kier molecular flexibility index (Phi) is 6.16. The first-order chi connectivity index (χ1) is 11.1. The number of hydrogen-bond acceptors (Lipinski definition) is 7. The van der Waals surface area contributed by atoms with Gasteiger partial charge in [0.25, 0.3) is 0 Å². The van der Waals surface area contributed by atoms with Crippen LogP contribution in [0.1, 0.15) is 25.3 Å². The summed E-state index contributed by atoms with van der Waals surface area (Å²) in [5, 5.41) is 3.16. The minimum atomic E-state index is -0.145. The summed E-state index contributed by atoms with van der Waals surface area (Å²) in [5.41, 5.74) is 13.0. The summed E-state index contributed by atoms with van der Waals surface area (Å²) in [6, 6.07) is 7.89. The molecule has 23 heavy (non-hydrogen) atoms. The van der Waals surface area contributed by atoms with Gasteiger partial charge in [-0.25, -0.2) is 0 Å². The number of nitrogen functional groups attached to an aromatic ring is 2. The van der Waals surface area contributed by atoms with Gasteiger partial charge in [0, 0.05) is 5.69 Å². The number of rotatable bonds is 7. The Morgan fingerprint density at radius 2 is 1.78 bits per heavy atom. The number of carbonyl (C=O) groups is 1. The molecule has 2 aromatic rings. The number of anilines is 3. The number of nitrogens with two attached hydrogens (primary N) is 2. The maximum atomic E-state index is 11.9. The topological polar surface area (TPSA) is 120 Å². The predicted octanol–water partition coefficient (Wildman–Crippen LogP) is 2.11. The number of aromatic nitrogens is 3. The minimum Gasteiger partial charge on any atom is -0.368 e. The zero-order valence-electron chi connectivity index (χ0n) is 13.0. The number of nitrogens with one attached hydrogen (secondary N) is 1. The van der Waals surface area contributed by atoms with Crippen LogP contribution in [0, 0.1) is 0 Å². The molecule has 5 N–H and O–H groups in total. The second-order valence-corrected chi connectivity index (χ2v) is 5.91. The number of benzene rings is 1. The Labute approximate surface area is 139 Å². The van der Waals surface area contributed by atoms with E-state index in [-0.39, 0.29) is 23.6 Å². The Bertz CT molecular complexity index is 641. The summed E-state index contributed by atoms with van der Waals surface area (Å²) in [5.74, 6) is 0.112. The summed E-state index contributed by atoms with van der Waals surface area (Å²) in [7, 11) is 0. The molecule has 0 saturated carbocycles. The normalized spacial score (nSPS) is 10.5. The molecule has 0 radical (unpaired) electrons. The molecule has 0 fully saturated rings. The van der Waals surface area contributed by atoms with Crippen LogP contribution in [0.5, 0.6) is 0 Å². The first-order valence-electron chi connectivity index (χ1n) is 7.35. The van der Waals surface area contributed by atoms with Crippen molar-refractivity contribution in [3.63, 3.8) is 0 Å². The summed E-state index contributed by atoms with van der Waals surface area (Å²) in [4.78, 5) is 23.4. The molecule has 1 aromatic carbocycles. The van der Waals surface area contributed by atoms with Gasteiger partial charge < -0.3 is 16.8 Å². The molecule has 8 heteroatoms. The van der Waals surface area contributed by atoms with Crippen molar-refractivity contribution in [2.24, 2.45) is 0 Å². The van der Waals surface area contributed by atoms with Crippen LogP contribution in [-0.4, -0.2) is 26.6 Å². The van der Waals surface area contributed by atoms with Crippen LogP contribution in [0.25, 0.3) is 0 Å². The van der Waals surface area contributed by atoms with Crippen molar-refractivity contribution in [2.45, 2.75) is 31.3 Å². The second kappa shape index (κ2) is 8.33. The van der Waals surface area contributed by atoms with E-state index in [1.807, 2.05) is 24.3 Å². The van der Waals surface area contributed by atoms with E-state index in [2.05, 4.69) is 27.2 Å². The predicted molar refractivity (Wildman–Crippen MR) is 93.1 cm³/mol. The van der Waals surface area contributed by atoms with Crippen molar-refractivity contribution in [3.05, 3.63) is 29.8 Å². The van der Waals surface area contributed by atoms with Gasteiger partial charge >= 0.3 is 0 Å². The summed E-state index contributed by atoms with van der Waals surface area (Å²) in [6.07, 6.45) is 3.39. The van der Waals surface area contributed by atoms with Crippen molar-refractivity contribution < 1.29 is 4.79 Å². The third-order valence-electron chi connectivity index (χ3n) is 3.04. The van der Waals surface area contributed by atoms with Gasteiger partial charge in [-0.15, -0.1) is 0 Å². The van der Waals surface area contributed by atoms with Crippen LogP contribution in [0.4, 0.5) is 17.6 Å². The zero-order chi connectivity index (χ0) is 16.7. The number of amides is 1. The van der Waals surface area contributed by atoms with Crippen LogP contribution in [0.15, 0.2) is 29.4 Å². The van der Waals surface area contributed by atoms with Gasteiger partial charge in [0.1, 0.15) is 0 Å². The molecule has 7 nitrogen and oxygen atoms in total. The average Bonchev–Trinajstić information content (AvgIpc) is 2.51. The molecule has 0 saturated heterocycles. The number of unbranched alkanes of at least 4 members (excludes halogenated alkanes) is 1. The van der Waals surface area contributed by atoms with E-state index < -0.39 is 0 Å². The SMILES string of the molecule is CCCCc1ccc(NC(=O)CSc2nc(N)nc(N)n2)cc1. The number of carbonyl (C=O) groups excluding carboxylic acids is 1. The van der Waals surface area contributed by atoms with Gasteiger partial charge in [-0.3, -0.25) is 4.79 Å². The Balaban J connectivity index is 1.84. The van der Waals surface area contributed by atoms with Crippen LogP contribution in [0.3, 0.4) is 0 Å². The number of aryl methyl sites for hydroxylation is 1. The van der Waals surface area contributed by atoms with Gasteiger partial charge in [0.05, 0.1) is 5.75 Å². The Morgan fingerprint density at radius 1 is 1.13 bits per heavy atom. The highest BCUT2D eigenvalue weighted by Crippen LogP contribution is 2.16. The van der Waals surface area contributed by atoms with E-state index in [0.29, 0.717) is 5.16 Å². The van der Waals surface area contributed by atoms with Gasteiger partial charge in [-0.1, -0.05) is 37.2 Å². The highest BCUT2D eigenvalue weighted by Gasteiger charge is 2.07. The van der Waals surface area contributed by atoms with Crippen LogP contribution >= 0.6 is 11.8 Å². The van der Waals surface area contributed by atoms with Crippen LogP contribution in [0.2, 0.25) is 0 Å². The lowest BCUT2D eigenvalue weighted by molar-refractivity contribution is -0.113. The lowest BCUT2D eigenvalue weighted by Gasteiger charge is -2.06. The highest BCUT2D eigenvalue weighted by molar-refractivity contribution is 7.99. The Hall–Kier alpha value is -2.35. The van der Waals surface area contributed by atoms with Crippen LogP contribution < -0.4 is 16.8 Å². The molecular formula is C15H20N6OS. The van der Waals surface area contributed by atoms with Crippen molar-refractivity contribution in [1.82, 2.24) is 15.0 Å². The fourth-order valence-electron chi connectivity index (χ4n) is 1.92. The molecule has 0 unspecified atom stereocenters. The third-order valence-corrected chi connectivity index (χ3v) is 3.89. The van der Waals surface area contributed by atoms with E-state index in [1.54, 1.807) is 0 Å². The van der Waals surface area contributed by atoms with Gasteiger partial charge in [-0.2, -0.15) is 15.0 Å². The zero-order valence-corrected chi connectivity index (χ0v) is 13.8. The maximum absolute atomic E-state index is 11.9. The van der Waals surface area contributed by atoms with E-state index in [9.17, 15) is 4.79 Å². The molecule has 0 aliphatic heterocycles. The second-order valence-electron chi connectivity index (χ2n) is 4.97. The van der Waals surface area contributed by atoms with E-state index in [1.165, 1.54) is 18.4 Å². The largest absolute Gasteiger partial charge is 0.368 e. The molecule has 1 aromatic heterocycles. The first-order valence-corrected chi connectivity index (χ1v) is 8.34.